The second-order valence-corrected chi connectivity index (χ2v) is 4.56. The minimum atomic E-state index is -0.322. The number of rotatable bonds is 9. The van der Waals surface area contributed by atoms with Crippen molar-refractivity contribution in [1.29, 1.82) is 0 Å². The molecule has 0 heterocycles. The zero-order chi connectivity index (χ0) is 14.8. The van der Waals surface area contributed by atoms with Gasteiger partial charge in [0.1, 0.15) is 0 Å². The second-order valence-electron chi connectivity index (χ2n) is 4.56. The Morgan fingerprint density at radius 1 is 1.05 bits per heavy atom. The summed E-state index contributed by atoms with van der Waals surface area (Å²) < 4.78 is 16.1. The van der Waals surface area contributed by atoms with Gasteiger partial charge < -0.3 is 14.2 Å². The first-order valence-electron chi connectivity index (χ1n) is 7.20. The highest BCUT2D eigenvalue weighted by atomic mass is 16.5. The van der Waals surface area contributed by atoms with E-state index in [1.807, 2.05) is 0 Å². The van der Waals surface area contributed by atoms with E-state index in [2.05, 4.69) is 13.8 Å². The number of esters is 1. The first kappa shape index (κ1) is 16.3. The molecule has 4 heteroatoms. The molecule has 0 N–H and O–H groups in total. The lowest BCUT2D eigenvalue weighted by Gasteiger charge is -2.11. The molecule has 0 saturated heterocycles. The number of hydrogen-bond acceptors (Lipinski definition) is 4. The van der Waals surface area contributed by atoms with Crippen molar-refractivity contribution in [3.8, 4) is 11.5 Å². The Morgan fingerprint density at radius 2 is 1.75 bits per heavy atom. The van der Waals surface area contributed by atoms with E-state index in [9.17, 15) is 4.79 Å². The van der Waals surface area contributed by atoms with Gasteiger partial charge in [-0.2, -0.15) is 0 Å². The topological polar surface area (TPSA) is 44.8 Å². The van der Waals surface area contributed by atoms with Crippen molar-refractivity contribution in [1.82, 2.24) is 0 Å². The summed E-state index contributed by atoms with van der Waals surface area (Å²) in [5.41, 5.74) is 0.487. The summed E-state index contributed by atoms with van der Waals surface area (Å²) in [6.45, 7) is 5.26. The number of carbonyl (C=O) groups is 1. The van der Waals surface area contributed by atoms with Crippen LogP contribution in [0.2, 0.25) is 0 Å². The summed E-state index contributed by atoms with van der Waals surface area (Å²) in [4.78, 5) is 11.8. The lowest BCUT2D eigenvalue weighted by Crippen LogP contribution is -2.07. The lowest BCUT2D eigenvalue weighted by molar-refractivity contribution is 0.0499. The molecule has 1 aromatic carbocycles. The molecular weight excluding hydrogens is 256 g/mol. The van der Waals surface area contributed by atoms with Crippen molar-refractivity contribution >= 4 is 5.97 Å². The van der Waals surface area contributed by atoms with E-state index in [0.29, 0.717) is 30.3 Å². The fourth-order valence-electron chi connectivity index (χ4n) is 1.63. The quantitative estimate of drug-likeness (QED) is 0.509. The van der Waals surface area contributed by atoms with E-state index in [4.69, 9.17) is 14.2 Å². The predicted octanol–water partition coefficient (Wildman–Crippen LogP) is 3.83. The molecule has 20 heavy (non-hydrogen) atoms. The summed E-state index contributed by atoms with van der Waals surface area (Å²) in [6.07, 6.45) is 3.94. The van der Waals surface area contributed by atoms with Crippen LogP contribution in [0.3, 0.4) is 0 Å². The summed E-state index contributed by atoms with van der Waals surface area (Å²) >= 11 is 0. The number of benzene rings is 1. The Morgan fingerprint density at radius 3 is 2.40 bits per heavy atom. The highest BCUT2D eigenvalue weighted by Crippen LogP contribution is 2.28. The number of methoxy groups -OCH3 is 1. The molecule has 0 amide bonds. The Hall–Kier alpha value is -1.71. The zero-order valence-corrected chi connectivity index (χ0v) is 12.6. The first-order valence-corrected chi connectivity index (χ1v) is 7.20. The maximum absolute atomic E-state index is 11.8. The molecule has 112 valence electrons. The van der Waals surface area contributed by atoms with Gasteiger partial charge in [-0.1, -0.05) is 26.7 Å². The van der Waals surface area contributed by atoms with Crippen LogP contribution in [-0.4, -0.2) is 26.3 Å². The van der Waals surface area contributed by atoms with Crippen LogP contribution in [0.5, 0.6) is 11.5 Å². The second kappa shape index (κ2) is 9.23. The molecule has 0 aliphatic carbocycles. The van der Waals surface area contributed by atoms with Gasteiger partial charge >= 0.3 is 5.97 Å². The van der Waals surface area contributed by atoms with Crippen LogP contribution in [-0.2, 0) is 4.74 Å². The Bertz CT molecular complexity index is 415. The Kier molecular flexibility index (Phi) is 7.55. The van der Waals surface area contributed by atoms with Gasteiger partial charge in [0.25, 0.3) is 0 Å². The molecule has 0 atom stereocenters. The largest absolute Gasteiger partial charge is 0.493 e. The van der Waals surface area contributed by atoms with Crippen LogP contribution in [0.15, 0.2) is 18.2 Å². The van der Waals surface area contributed by atoms with Gasteiger partial charge in [-0.3, -0.25) is 0 Å². The standard InChI is InChI=1S/C16H24O4/c1-4-6-10-19-14-9-8-13(12-15(14)18-3)16(17)20-11-7-5-2/h8-9,12H,4-7,10-11H2,1-3H3. The van der Waals surface area contributed by atoms with Crippen molar-refractivity contribution in [2.45, 2.75) is 39.5 Å². The minimum Gasteiger partial charge on any atom is -0.493 e. The average Bonchev–Trinajstić information content (AvgIpc) is 2.47. The smallest absolute Gasteiger partial charge is 0.338 e. The van der Waals surface area contributed by atoms with Crippen LogP contribution < -0.4 is 9.47 Å². The molecule has 0 unspecified atom stereocenters. The third-order valence-corrected chi connectivity index (χ3v) is 2.89. The molecular formula is C16H24O4. The van der Waals surface area contributed by atoms with Gasteiger partial charge in [0.2, 0.25) is 0 Å². The monoisotopic (exact) mass is 280 g/mol. The Balaban J connectivity index is 2.68. The molecule has 0 radical (unpaired) electrons. The third kappa shape index (κ3) is 5.11. The van der Waals surface area contributed by atoms with Crippen molar-refractivity contribution in [2.75, 3.05) is 20.3 Å². The maximum atomic E-state index is 11.8. The highest BCUT2D eigenvalue weighted by molar-refractivity contribution is 5.90. The lowest BCUT2D eigenvalue weighted by atomic mass is 10.2. The van der Waals surface area contributed by atoms with Crippen molar-refractivity contribution in [3.05, 3.63) is 23.8 Å². The van der Waals surface area contributed by atoms with Crippen molar-refractivity contribution in [3.63, 3.8) is 0 Å². The van der Waals surface area contributed by atoms with Gasteiger partial charge in [0, 0.05) is 0 Å². The van der Waals surface area contributed by atoms with Crippen molar-refractivity contribution < 1.29 is 19.0 Å². The summed E-state index contributed by atoms with van der Waals surface area (Å²) in [6, 6.07) is 5.12. The van der Waals surface area contributed by atoms with E-state index in [-0.39, 0.29) is 5.97 Å². The normalized spacial score (nSPS) is 10.2. The van der Waals surface area contributed by atoms with Gasteiger partial charge in [0.15, 0.2) is 11.5 Å². The molecule has 0 aliphatic rings. The molecule has 0 aliphatic heterocycles. The van der Waals surface area contributed by atoms with Crippen LogP contribution in [0.4, 0.5) is 0 Å². The van der Waals surface area contributed by atoms with Gasteiger partial charge in [0.05, 0.1) is 25.9 Å². The zero-order valence-electron chi connectivity index (χ0n) is 12.6. The van der Waals surface area contributed by atoms with E-state index in [1.54, 1.807) is 25.3 Å². The van der Waals surface area contributed by atoms with Crippen LogP contribution >= 0.6 is 0 Å². The SMILES string of the molecule is CCCCOC(=O)c1ccc(OCCCC)c(OC)c1. The minimum absolute atomic E-state index is 0.322. The molecule has 1 aromatic rings. The maximum Gasteiger partial charge on any atom is 0.338 e. The van der Waals surface area contributed by atoms with E-state index in [1.165, 1.54) is 0 Å². The van der Waals surface area contributed by atoms with Gasteiger partial charge in [-0.05, 0) is 31.0 Å². The number of unbranched alkanes of at least 4 members (excludes halogenated alkanes) is 2. The fourth-order valence-corrected chi connectivity index (χ4v) is 1.63. The fraction of sp³-hybridized carbons (Fsp3) is 0.562. The number of carbonyl (C=O) groups excluding carboxylic acids is 1. The average molecular weight is 280 g/mol. The number of ether oxygens (including phenoxy) is 3. The molecule has 0 aromatic heterocycles. The highest BCUT2D eigenvalue weighted by Gasteiger charge is 2.12. The van der Waals surface area contributed by atoms with Gasteiger partial charge in [-0.15, -0.1) is 0 Å². The molecule has 0 bridgehead atoms. The summed E-state index contributed by atoms with van der Waals surface area (Å²) in [5.74, 6) is 0.897. The van der Waals surface area contributed by atoms with E-state index >= 15 is 0 Å². The summed E-state index contributed by atoms with van der Waals surface area (Å²) in [5, 5.41) is 0. The van der Waals surface area contributed by atoms with Crippen LogP contribution in [0.1, 0.15) is 49.9 Å². The van der Waals surface area contributed by atoms with E-state index < -0.39 is 0 Å². The first-order chi connectivity index (χ1) is 9.72. The summed E-state index contributed by atoms with van der Waals surface area (Å²) in [7, 11) is 1.56. The molecule has 1 rings (SSSR count). The van der Waals surface area contributed by atoms with Crippen molar-refractivity contribution in [2.24, 2.45) is 0 Å². The predicted molar refractivity (Wildman–Crippen MR) is 78.6 cm³/mol. The molecule has 0 fully saturated rings. The van der Waals surface area contributed by atoms with Gasteiger partial charge in [-0.25, -0.2) is 4.79 Å². The van der Waals surface area contributed by atoms with E-state index in [0.717, 1.165) is 25.7 Å². The number of hydrogen-bond donors (Lipinski definition) is 0. The molecule has 4 nitrogen and oxygen atoms in total. The third-order valence-electron chi connectivity index (χ3n) is 2.89. The molecule has 0 spiro atoms. The van der Waals surface area contributed by atoms with Crippen LogP contribution in [0.25, 0.3) is 0 Å². The molecule has 0 saturated carbocycles. The Labute approximate surface area is 121 Å². The van der Waals surface area contributed by atoms with Crippen LogP contribution in [0, 0.1) is 0 Å².